The van der Waals surface area contributed by atoms with Crippen molar-refractivity contribution in [2.24, 2.45) is 16.6 Å². The highest BCUT2D eigenvalue weighted by Gasteiger charge is 2.31. The Morgan fingerprint density at radius 1 is 0.759 bits per heavy atom. The molecule has 2 rings (SSSR count). The molecule has 17 heteroatoms. The van der Waals surface area contributed by atoms with Crippen LogP contribution in [0.25, 0.3) is 11.1 Å². The second-order valence-corrected chi connectivity index (χ2v) is 16.0. The third-order valence-corrected chi connectivity index (χ3v) is 7.93. The minimum Gasteiger partial charge on any atom is -0.480 e. The number of carboxylic acids is 1. The molecule has 0 fully saturated rings. The van der Waals surface area contributed by atoms with E-state index in [-0.39, 0.29) is 17.9 Å². The Morgan fingerprint density at radius 2 is 1.33 bits per heavy atom. The number of aliphatic imine (C=N–C) groups is 1. The molecular formula is C41H59N7O10. The summed E-state index contributed by atoms with van der Waals surface area (Å²) >= 11 is 0. The van der Waals surface area contributed by atoms with Crippen molar-refractivity contribution in [3.63, 3.8) is 0 Å². The van der Waals surface area contributed by atoms with E-state index in [4.69, 9.17) is 15.2 Å². The van der Waals surface area contributed by atoms with Gasteiger partial charge in [-0.2, -0.15) is 4.99 Å². The number of rotatable bonds is 18. The molecule has 4 unspecified atom stereocenters. The second-order valence-electron chi connectivity index (χ2n) is 16.0. The molecule has 0 spiro atoms. The van der Waals surface area contributed by atoms with Gasteiger partial charge in [0.05, 0.1) is 6.54 Å². The molecule has 0 saturated carbocycles. The first kappa shape index (κ1) is 48.3. The molecule has 8 N–H and O–H groups in total. The fourth-order valence-corrected chi connectivity index (χ4v) is 5.12. The van der Waals surface area contributed by atoms with Crippen molar-refractivity contribution in [1.82, 2.24) is 26.6 Å². The van der Waals surface area contributed by atoms with E-state index in [1.54, 1.807) is 79.7 Å². The van der Waals surface area contributed by atoms with Crippen LogP contribution in [0, 0.1) is 5.92 Å². The summed E-state index contributed by atoms with van der Waals surface area (Å²) in [6.45, 7) is 14.8. The number of aryl methyl sites for hydroxylation is 1. The van der Waals surface area contributed by atoms with Crippen LogP contribution >= 0.6 is 0 Å². The molecule has 4 atom stereocenters. The fourth-order valence-electron chi connectivity index (χ4n) is 5.12. The predicted molar refractivity (Wildman–Crippen MR) is 218 cm³/mol. The van der Waals surface area contributed by atoms with Crippen molar-refractivity contribution in [3.8, 4) is 11.1 Å². The largest absolute Gasteiger partial charge is 0.480 e. The number of hydrogen-bond acceptors (Lipinski definition) is 10. The van der Waals surface area contributed by atoms with Gasteiger partial charge in [0, 0.05) is 11.8 Å². The lowest BCUT2D eigenvalue weighted by atomic mass is 10.0. The third-order valence-electron chi connectivity index (χ3n) is 7.93. The number of carboxylic acid groups (broad SMARTS) is 1. The van der Waals surface area contributed by atoms with Crippen molar-refractivity contribution < 1.29 is 48.1 Å². The van der Waals surface area contributed by atoms with Crippen LogP contribution in [0.2, 0.25) is 0 Å². The SMILES string of the molecule is CCCCc1ccc(-c2ccc(C(=O)NC(CNC(=O)OC(C)(C)C)C(=O)NC(C=NC(=O)OC(C)(C)C)C(=O)NC(N)C(=O)NC(CC(C)C)C(=O)O)cc2)cc1. The van der Waals surface area contributed by atoms with Crippen LogP contribution in [-0.2, 0) is 35.1 Å². The van der Waals surface area contributed by atoms with E-state index in [0.717, 1.165) is 36.6 Å². The van der Waals surface area contributed by atoms with Crippen LogP contribution in [0.4, 0.5) is 9.59 Å². The maximum atomic E-state index is 13.8. The first-order valence-corrected chi connectivity index (χ1v) is 19.1. The van der Waals surface area contributed by atoms with Crippen molar-refractivity contribution in [2.75, 3.05) is 6.54 Å². The number of nitrogens with two attached hydrogens (primary N) is 1. The van der Waals surface area contributed by atoms with E-state index >= 15 is 0 Å². The number of benzene rings is 2. The number of hydrogen-bond donors (Lipinski definition) is 7. The lowest BCUT2D eigenvalue weighted by molar-refractivity contribution is -0.142. The van der Waals surface area contributed by atoms with Crippen LogP contribution in [0.3, 0.4) is 0 Å². The molecule has 0 radical (unpaired) electrons. The highest BCUT2D eigenvalue weighted by atomic mass is 16.6. The van der Waals surface area contributed by atoms with E-state index < -0.39 is 83.8 Å². The predicted octanol–water partition coefficient (Wildman–Crippen LogP) is 3.83. The Labute approximate surface area is 339 Å². The van der Waals surface area contributed by atoms with Crippen molar-refractivity contribution in [1.29, 1.82) is 0 Å². The molecule has 0 aromatic heterocycles. The number of carbonyl (C=O) groups is 7. The summed E-state index contributed by atoms with van der Waals surface area (Å²) in [6, 6.07) is 10.1. The van der Waals surface area contributed by atoms with Crippen LogP contribution in [0.1, 0.15) is 97.5 Å². The Morgan fingerprint density at radius 3 is 1.84 bits per heavy atom. The monoisotopic (exact) mass is 809 g/mol. The van der Waals surface area contributed by atoms with Gasteiger partial charge in [0.15, 0.2) is 6.17 Å². The molecule has 17 nitrogen and oxygen atoms in total. The van der Waals surface area contributed by atoms with Crippen LogP contribution in [0.5, 0.6) is 0 Å². The van der Waals surface area contributed by atoms with Crippen LogP contribution < -0.4 is 32.3 Å². The lowest BCUT2D eigenvalue weighted by Crippen LogP contribution is -2.61. The summed E-state index contributed by atoms with van der Waals surface area (Å²) in [5, 5.41) is 21.3. The Hall–Kier alpha value is -5.84. The number of nitrogens with one attached hydrogen (secondary N) is 5. The van der Waals surface area contributed by atoms with Crippen molar-refractivity contribution >= 4 is 48.0 Å². The average Bonchev–Trinajstić information content (AvgIpc) is 3.12. The van der Waals surface area contributed by atoms with Gasteiger partial charge < -0.3 is 46.9 Å². The quantitative estimate of drug-likeness (QED) is 0.0841. The molecule has 58 heavy (non-hydrogen) atoms. The summed E-state index contributed by atoms with van der Waals surface area (Å²) < 4.78 is 10.4. The average molecular weight is 810 g/mol. The zero-order chi connectivity index (χ0) is 43.8. The minimum atomic E-state index is -1.81. The number of alkyl carbamates (subject to hydrolysis) is 1. The molecule has 0 saturated heterocycles. The third kappa shape index (κ3) is 18.0. The van der Waals surface area contributed by atoms with Crippen LogP contribution in [0.15, 0.2) is 53.5 Å². The number of carbonyl (C=O) groups excluding carboxylic acids is 6. The second kappa shape index (κ2) is 22.2. The number of ether oxygens (including phenoxy) is 2. The van der Waals surface area contributed by atoms with E-state index in [9.17, 15) is 38.7 Å². The smallest absolute Gasteiger partial charge is 0.433 e. The van der Waals surface area contributed by atoms with E-state index in [2.05, 4.69) is 50.6 Å². The van der Waals surface area contributed by atoms with E-state index in [0.29, 0.717) is 0 Å². The van der Waals surface area contributed by atoms with Gasteiger partial charge >= 0.3 is 18.2 Å². The van der Waals surface area contributed by atoms with Gasteiger partial charge in [-0.1, -0.05) is 63.6 Å². The standard InChI is InChI=1S/C41H59N7O10/c1-10-11-12-25-13-15-26(16-14-25)27-17-19-28(20-18-27)33(49)46-30(22-43-38(55)57-40(4,5)6)34(50)47-31(23-44-39(56)58-41(7,8)9)35(51)48-32(42)36(52)45-29(37(53)54)21-24(2)3/h13-20,23-24,29-32H,10-12,21-22,42H2,1-9H3,(H,43,55)(H,45,52)(H,46,49)(H,47,50)(H,48,51)(H,53,54). The van der Waals surface area contributed by atoms with Gasteiger partial charge in [0.1, 0.15) is 29.3 Å². The minimum absolute atomic E-state index is 0.0739. The number of unbranched alkanes of at least 4 members (excludes halogenated alkanes) is 1. The summed E-state index contributed by atoms with van der Waals surface area (Å²) in [6.07, 6.45) is 0.145. The van der Waals surface area contributed by atoms with Gasteiger partial charge in [-0.05, 0) is 95.5 Å². The van der Waals surface area contributed by atoms with Gasteiger partial charge in [-0.15, -0.1) is 0 Å². The van der Waals surface area contributed by atoms with Gasteiger partial charge in [0.25, 0.3) is 11.8 Å². The van der Waals surface area contributed by atoms with Gasteiger partial charge in [0.2, 0.25) is 11.8 Å². The van der Waals surface area contributed by atoms with E-state index in [1.807, 2.05) is 12.1 Å². The number of amides is 6. The first-order chi connectivity index (χ1) is 27.0. The van der Waals surface area contributed by atoms with Crippen LogP contribution in [-0.4, -0.2) is 95.1 Å². The van der Waals surface area contributed by atoms with Crippen molar-refractivity contribution in [3.05, 3.63) is 59.7 Å². The molecule has 6 amide bonds. The maximum absolute atomic E-state index is 13.8. The van der Waals surface area contributed by atoms with Crippen molar-refractivity contribution in [2.45, 2.75) is 123 Å². The molecular weight excluding hydrogens is 750 g/mol. The molecule has 318 valence electrons. The normalized spacial score (nSPS) is 13.7. The number of nitrogens with zero attached hydrogens (tertiary/aromatic N) is 1. The van der Waals surface area contributed by atoms with E-state index in [1.165, 1.54) is 5.56 Å². The topological polar surface area (TPSA) is 257 Å². The molecule has 0 aliphatic rings. The van der Waals surface area contributed by atoms with Gasteiger partial charge in [-0.3, -0.25) is 19.2 Å². The lowest BCUT2D eigenvalue weighted by Gasteiger charge is -2.24. The molecule has 2 aromatic carbocycles. The Bertz CT molecular complexity index is 1760. The highest BCUT2D eigenvalue weighted by Crippen LogP contribution is 2.21. The molecule has 2 aromatic rings. The Balaban J connectivity index is 2.37. The zero-order valence-corrected chi connectivity index (χ0v) is 34.8. The molecule has 0 aliphatic heterocycles. The van der Waals surface area contributed by atoms with Gasteiger partial charge in [-0.25, -0.2) is 14.4 Å². The summed E-state index contributed by atoms with van der Waals surface area (Å²) in [5.74, 6) is -5.33. The fraction of sp³-hybridized carbons (Fsp3) is 0.512. The molecule has 0 aliphatic carbocycles. The first-order valence-electron chi connectivity index (χ1n) is 19.1. The number of aliphatic carboxylic acids is 1. The summed E-state index contributed by atoms with van der Waals surface area (Å²) in [4.78, 5) is 93.9. The summed E-state index contributed by atoms with van der Waals surface area (Å²) in [5.41, 5.74) is 7.22. The zero-order valence-electron chi connectivity index (χ0n) is 34.8. The maximum Gasteiger partial charge on any atom is 0.433 e. The molecule has 0 heterocycles. The molecule has 0 bridgehead atoms. The Kier molecular flexibility index (Phi) is 18.5. The highest BCUT2D eigenvalue weighted by molar-refractivity contribution is 6.05. The summed E-state index contributed by atoms with van der Waals surface area (Å²) in [7, 11) is 0.